The topological polar surface area (TPSA) is 102 Å². The summed E-state index contributed by atoms with van der Waals surface area (Å²) in [5.41, 5.74) is 2.45. The lowest BCUT2D eigenvalue weighted by atomic mass is 10.3. The second-order valence-electron chi connectivity index (χ2n) is 3.61. The lowest BCUT2D eigenvalue weighted by Crippen LogP contribution is -2.11. The van der Waals surface area contributed by atoms with Crippen molar-refractivity contribution < 1.29 is 4.42 Å². The van der Waals surface area contributed by atoms with Crippen molar-refractivity contribution >= 4 is 11.6 Å². The smallest absolute Gasteiger partial charge is 0.216 e. The van der Waals surface area contributed by atoms with E-state index in [1.54, 1.807) is 12.3 Å². The molecule has 1 unspecified atom stereocenters. The van der Waals surface area contributed by atoms with Gasteiger partial charge in [0.1, 0.15) is 29.8 Å². The van der Waals surface area contributed by atoms with E-state index in [4.69, 9.17) is 10.3 Å². The molecule has 0 radical (unpaired) electrons. The number of aryl methyl sites for hydroxylation is 1. The minimum Gasteiger partial charge on any atom is -0.444 e. The maximum atomic E-state index is 5.42. The fourth-order valence-corrected chi connectivity index (χ4v) is 1.37. The summed E-state index contributed by atoms with van der Waals surface area (Å²) in [6.45, 7) is 3.79. The van der Waals surface area contributed by atoms with Crippen molar-refractivity contribution in [3.63, 3.8) is 0 Å². The number of nitrogen functional groups attached to an aromatic ring is 1. The van der Waals surface area contributed by atoms with Crippen LogP contribution in [0.2, 0.25) is 0 Å². The highest BCUT2D eigenvalue weighted by molar-refractivity contribution is 5.46. The fraction of sp³-hybridized carbons (Fsp3) is 0.300. The van der Waals surface area contributed by atoms with E-state index >= 15 is 0 Å². The molecule has 0 fully saturated rings. The zero-order chi connectivity index (χ0) is 12.3. The number of rotatable bonds is 4. The van der Waals surface area contributed by atoms with E-state index < -0.39 is 0 Å². The maximum absolute atomic E-state index is 5.42. The maximum Gasteiger partial charge on any atom is 0.216 e. The molecule has 1 atom stereocenters. The summed E-state index contributed by atoms with van der Waals surface area (Å²) < 4.78 is 5.42. The van der Waals surface area contributed by atoms with Crippen LogP contribution in [0.5, 0.6) is 0 Å². The SMILES string of the molecule is Cc1cnc(C(C)Nc2cc(NN)ncn2)o1. The molecule has 17 heavy (non-hydrogen) atoms. The molecule has 2 heterocycles. The van der Waals surface area contributed by atoms with Gasteiger partial charge >= 0.3 is 0 Å². The first-order chi connectivity index (χ1) is 8.19. The van der Waals surface area contributed by atoms with Crippen molar-refractivity contribution in [2.75, 3.05) is 10.7 Å². The molecule has 0 saturated heterocycles. The number of nitrogens with two attached hydrogens (primary N) is 1. The Balaban J connectivity index is 2.09. The van der Waals surface area contributed by atoms with Gasteiger partial charge in [-0.05, 0) is 13.8 Å². The number of nitrogens with one attached hydrogen (secondary N) is 2. The van der Waals surface area contributed by atoms with E-state index in [1.165, 1.54) is 6.33 Å². The number of hydrazine groups is 1. The summed E-state index contributed by atoms with van der Waals surface area (Å²) in [4.78, 5) is 12.1. The van der Waals surface area contributed by atoms with E-state index in [2.05, 4.69) is 25.7 Å². The molecule has 0 aromatic carbocycles. The molecule has 2 aromatic rings. The number of hydrogen-bond acceptors (Lipinski definition) is 7. The van der Waals surface area contributed by atoms with Gasteiger partial charge in [-0.15, -0.1) is 0 Å². The van der Waals surface area contributed by atoms with Crippen LogP contribution in [0.4, 0.5) is 11.6 Å². The van der Waals surface area contributed by atoms with Crippen molar-refractivity contribution in [2.45, 2.75) is 19.9 Å². The van der Waals surface area contributed by atoms with Crippen molar-refractivity contribution in [1.82, 2.24) is 15.0 Å². The van der Waals surface area contributed by atoms with E-state index in [0.29, 0.717) is 17.5 Å². The summed E-state index contributed by atoms with van der Waals surface area (Å²) in [5.74, 6) is 7.85. The number of hydrogen-bond donors (Lipinski definition) is 3. The molecular formula is C10H14N6O. The summed E-state index contributed by atoms with van der Waals surface area (Å²) in [6.07, 6.45) is 3.10. The van der Waals surface area contributed by atoms with Gasteiger partial charge in [0.05, 0.1) is 6.20 Å². The highest BCUT2D eigenvalue weighted by Crippen LogP contribution is 2.18. The Morgan fingerprint density at radius 3 is 2.71 bits per heavy atom. The number of nitrogens with zero attached hydrogens (tertiary/aromatic N) is 3. The second kappa shape index (κ2) is 4.79. The van der Waals surface area contributed by atoms with Crippen LogP contribution in [-0.2, 0) is 0 Å². The Hall–Kier alpha value is -2.15. The van der Waals surface area contributed by atoms with Crippen LogP contribution in [0.25, 0.3) is 0 Å². The largest absolute Gasteiger partial charge is 0.444 e. The van der Waals surface area contributed by atoms with Crippen molar-refractivity contribution in [2.24, 2.45) is 5.84 Å². The molecule has 0 saturated carbocycles. The number of oxazole rings is 1. The molecular weight excluding hydrogens is 220 g/mol. The van der Waals surface area contributed by atoms with Crippen LogP contribution >= 0.6 is 0 Å². The van der Waals surface area contributed by atoms with Crippen LogP contribution in [0, 0.1) is 6.92 Å². The lowest BCUT2D eigenvalue weighted by molar-refractivity contribution is 0.453. The van der Waals surface area contributed by atoms with Gasteiger partial charge < -0.3 is 15.2 Å². The molecule has 0 bridgehead atoms. The van der Waals surface area contributed by atoms with Gasteiger partial charge in [-0.25, -0.2) is 20.8 Å². The summed E-state index contributed by atoms with van der Waals surface area (Å²) in [5, 5.41) is 3.14. The molecule has 0 spiro atoms. The van der Waals surface area contributed by atoms with Crippen LogP contribution in [-0.4, -0.2) is 15.0 Å². The lowest BCUT2D eigenvalue weighted by Gasteiger charge is -2.11. The average molecular weight is 234 g/mol. The van der Waals surface area contributed by atoms with Gasteiger partial charge in [0.2, 0.25) is 5.89 Å². The van der Waals surface area contributed by atoms with Crippen molar-refractivity contribution in [3.8, 4) is 0 Å². The van der Waals surface area contributed by atoms with E-state index in [-0.39, 0.29) is 6.04 Å². The van der Waals surface area contributed by atoms with Gasteiger partial charge in [-0.1, -0.05) is 0 Å². The molecule has 90 valence electrons. The summed E-state index contributed by atoms with van der Waals surface area (Å²) in [6, 6.07) is 1.62. The van der Waals surface area contributed by atoms with Crippen LogP contribution < -0.4 is 16.6 Å². The van der Waals surface area contributed by atoms with Crippen molar-refractivity contribution in [1.29, 1.82) is 0 Å². The van der Waals surface area contributed by atoms with Gasteiger partial charge in [0.25, 0.3) is 0 Å². The minimum absolute atomic E-state index is 0.0794. The van der Waals surface area contributed by atoms with Crippen LogP contribution in [0.1, 0.15) is 24.6 Å². The number of aromatic nitrogens is 3. The first-order valence-corrected chi connectivity index (χ1v) is 5.16. The molecule has 7 heteroatoms. The summed E-state index contributed by atoms with van der Waals surface area (Å²) in [7, 11) is 0. The predicted octanol–water partition coefficient (Wildman–Crippen LogP) is 1.23. The van der Waals surface area contributed by atoms with E-state index in [0.717, 1.165) is 5.76 Å². The van der Waals surface area contributed by atoms with Gasteiger partial charge in [-0.2, -0.15) is 0 Å². The Bertz CT molecular complexity index is 497. The van der Waals surface area contributed by atoms with Gasteiger partial charge in [-0.3, -0.25) is 0 Å². The quantitative estimate of drug-likeness (QED) is 0.540. The molecule has 0 aliphatic rings. The second-order valence-corrected chi connectivity index (χ2v) is 3.61. The predicted molar refractivity (Wildman–Crippen MR) is 63.1 cm³/mol. The van der Waals surface area contributed by atoms with Crippen molar-refractivity contribution in [3.05, 3.63) is 30.2 Å². The first-order valence-electron chi connectivity index (χ1n) is 5.16. The van der Waals surface area contributed by atoms with Crippen LogP contribution in [0.15, 0.2) is 23.0 Å². The highest BCUT2D eigenvalue weighted by atomic mass is 16.4. The molecule has 2 aromatic heterocycles. The average Bonchev–Trinajstić information content (AvgIpc) is 2.76. The van der Waals surface area contributed by atoms with E-state index in [9.17, 15) is 0 Å². The molecule has 0 aliphatic heterocycles. The zero-order valence-corrected chi connectivity index (χ0v) is 9.64. The zero-order valence-electron chi connectivity index (χ0n) is 9.64. The normalized spacial score (nSPS) is 12.2. The standard InChI is InChI=1S/C10H14N6O/c1-6-4-12-10(17-6)7(2)15-8-3-9(16-11)14-5-13-8/h3-5,7H,11H2,1-2H3,(H2,13,14,15,16). The first kappa shape index (κ1) is 11.3. The monoisotopic (exact) mass is 234 g/mol. The third-order valence-electron chi connectivity index (χ3n) is 2.19. The molecule has 4 N–H and O–H groups in total. The third kappa shape index (κ3) is 2.70. The molecule has 7 nitrogen and oxygen atoms in total. The number of anilines is 2. The minimum atomic E-state index is -0.0794. The van der Waals surface area contributed by atoms with Crippen LogP contribution in [0.3, 0.4) is 0 Å². The Morgan fingerprint density at radius 2 is 2.06 bits per heavy atom. The fourth-order valence-electron chi connectivity index (χ4n) is 1.37. The third-order valence-corrected chi connectivity index (χ3v) is 2.19. The summed E-state index contributed by atoms with van der Waals surface area (Å²) >= 11 is 0. The molecule has 2 rings (SSSR count). The van der Waals surface area contributed by atoms with E-state index in [1.807, 2.05) is 13.8 Å². The molecule has 0 aliphatic carbocycles. The Labute approximate surface area is 98.4 Å². The van der Waals surface area contributed by atoms with Gasteiger partial charge in [0, 0.05) is 6.07 Å². The Kier molecular flexibility index (Phi) is 3.20. The van der Waals surface area contributed by atoms with Gasteiger partial charge in [0.15, 0.2) is 0 Å². The molecule has 0 amide bonds. The Morgan fingerprint density at radius 1 is 1.29 bits per heavy atom. The highest BCUT2D eigenvalue weighted by Gasteiger charge is 2.11.